The Morgan fingerprint density at radius 3 is 2.20 bits per heavy atom. The Kier molecular flexibility index (Phi) is 5.82. The highest BCUT2D eigenvalue weighted by Gasteiger charge is 2.39. The van der Waals surface area contributed by atoms with Crippen molar-refractivity contribution in [3.63, 3.8) is 0 Å². The van der Waals surface area contributed by atoms with E-state index in [1.807, 2.05) is 0 Å². The van der Waals surface area contributed by atoms with E-state index in [1.54, 1.807) is 0 Å². The summed E-state index contributed by atoms with van der Waals surface area (Å²) in [7, 11) is 0. The first-order valence-electron chi connectivity index (χ1n) is 14.3. The van der Waals surface area contributed by atoms with E-state index in [0.29, 0.717) is 0 Å². The molecule has 0 saturated carbocycles. The van der Waals surface area contributed by atoms with Crippen LogP contribution in [0.3, 0.4) is 0 Å². The average molecular weight is 523 g/mol. The number of hydrogen-bond donors (Lipinski definition) is 0. The predicted molar refractivity (Wildman–Crippen MR) is 165 cm³/mol. The molecule has 1 aliphatic heterocycles. The lowest BCUT2D eigenvalue weighted by Crippen LogP contribution is -2.34. The standard InChI is InChI=1S/C38H34O2/c1-24(2)39-30-17-15-29(16-18-30)38(28-13-9-25(3)10-14-28)22-21-34-32-20-12-27-7-5-6-8-31(27)36(32)33-19-11-26(4)23-35(33)37(34)40-38/h5-11,13-19,21-24H,12,20H2,1-4H3. The van der Waals surface area contributed by atoms with Gasteiger partial charge in [-0.25, -0.2) is 0 Å². The molecule has 0 N–H and O–H groups in total. The summed E-state index contributed by atoms with van der Waals surface area (Å²) in [6.45, 7) is 8.40. The monoisotopic (exact) mass is 522 g/mol. The summed E-state index contributed by atoms with van der Waals surface area (Å²) >= 11 is 0. The first-order chi connectivity index (χ1) is 19.4. The van der Waals surface area contributed by atoms with Gasteiger partial charge in [0.15, 0.2) is 5.60 Å². The zero-order valence-electron chi connectivity index (χ0n) is 23.6. The van der Waals surface area contributed by atoms with Gasteiger partial charge in [0.1, 0.15) is 11.5 Å². The van der Waals surface area contributed by atoms with Crippen molar-refractivity contribution in [2.45, 2.75) is 52.2 Å². The molecular weight excluding hydrogens is 488 g/mol. The predicted octanol–water partition coefficient (Wildman–Crippen LogP) is 9.36. The zero-order chi connectivity index (χ0) is 27.4. The summed E-state index contributed by atoms with van der Waals surface area (Å²) in [5.41, 5.74) is 10.6. The molecule has 5 aromatic carbocycles. The summed E-state index contributed by atoms with van der Waals surface area (Å²) in [5, 5.41) is 2.44. The van der Waals surface area contributed by atoms with Crippen molar-refractivity contribution in [1.29, 1.82) is 0 Å². The Labute approximate surface area is 236 Å². The van der Waals surface area contributed by atoms with Crippen molar-refractivity contribution in [3.8, 4) is 22.6 Å². The number of hydrogen-bond acceptors (Lipinski definition) is 2. The van der Waals surface area contributed by atoms with E-state index < -0.39 is 5.60 Å². The summed E-state index contributed by atoms with van der Waals surface area (Å²) in [4.78, 5) is 0. The highest BCUT2D eigenvalue weighted by atomic mass is 16.5. The fourth-order valence-corrected chi connectivity index (χ4v) is 6.47. The van der Waals surface area contributed by atoms with Crippen LogP contribution in [-0.2, 0) is 18.4 Å². The molecule has 1 heterocycles. The van der Waals surface area contributed by atoms with Gasteiger partial charge in [0.05, 0.1) is 6.10 Å². The van der Waals surface area contributed by atoms with Crippen LogP contribution in [0, 0.1) is 13.8 Å². The summed E-state index contributed by atoms with van der Waals surface area (Å²) in [6, 6.07) is 32.9. The maximum atomic E-state index is 7.35. The summed E-state index contributed by atoms with van der Waals surface area (Å²) in [6.07, 6.45) is 6.76. The number of fused-ring (bicyclic) bond motifs is 8. The van der Waals surface area contributed by atoms with Gasteiger partial charge >= 0.3 is 0 Å². The van der Waals surface area contributed by atoms with E-state index in [1.165, 1.54) is 49.7 Å². The lowest BCUT2D eigenvalue weighted by molar-refractivity contribution is 0.163. The van der Waals surface area contributed by atoms with Gasteiger partial charge in [-0.3, -0.25) is 0 Å². The Morgan fingerprint density at radius 1 is 0.750 bits per heavy atom. The van der Waals surface area contributed by atoms with E-state index >= 15 is 0 Å². The Bertz CT molecular complexity index is 1770. The van der Waals surface area contributed by atoms with Crippen molar-refractivity contribution in [1.82, 2.24) is 0 Å². The van der Waals surface area contributed by atoms with Gasteiger partial charge in [0, 0.05) is 22.1 Å². The number of aryl methyl sites for hydroxylation is 3. The Balaban J connectivity index is 1.48. The first kappa shape index (κ1) is 24.7. The van der Waals surface area contributed by atoms with Crippen LogP contribution in [-0.4, -0.2) is 6.10 Å². The van der Waals surface area contributed by atoms with Gasteiger partial charge < -0.3 is 9.47 Å². The Hall–Kier alpha value is -4.30. The molecule has 1 atom stereocenters. The molecule has 40 heavy (non-hydrogen) atoms. The summed E-state index contributed by atoms with van der Waals surface area (Å²) in [5.74, 6) is 1.84. The molecule has 5 aromatic rings. The highest BCUT2D eigenvalue weighted by Crippen LogP contribution is 2.51. The molecule has 0 radical (unpaired) electrons. The van der Waals surface area contributed by atoms with Crippen molar-refractivity contribution >= 4 is 16.8 Å². The van der Waals surface area contributed by atoms with Gasteiger partial charge in [-0.2, -0.15) is 0 Å². The molecule has 1 aliphatic carbocycles. The van der Waals surface area contributed by atoms with Crippen LogP contribution in [0.4, 0.5) is 0 Å². The fourth-order valence-electron chi connectivity index (χ4n) is 6.47. The van der Waals surface area contributed by atoms with Crippen LogP contribution in [0.25, 0.3) is 28.0 Å². The molecule has 0 saturated heterocycles. The van der Waals surface area contributed by atoms with Gasteiger partial charge in [0.25, 0.3) is 0 Å². The molecule has 1 unspecified atom stereocenters. The Morgan fingerprint density at radius 2 is 1.45 bits per heavy atom. The van der Waals surface area contributed by atoms with Gasteiger partial charge in [-0.05, 0) is 92.5 Å². The lowest BCUT2D eigenvalue weighted by Gasteiger charge is -2.38. The molecule has 7 rings (SSSR count). The normalized spacial score (nSPS) is 17.2. The molecule has 0 fully saturated rings. The third-order valence-electron chi connectivity index (χ3n) is 8.37. The molecule has 198 valence electrons. The van der Waals surface area contributed by atoms with Gasteiger partial charge in [0.2, 0.25) is 0 Å². The molecule has 0 bridgehead atoms. The summed E-state index contributed by atoms with van der Waals surface area (Å²) < 4.78 is 13.3. The fraction of sp³-hybridized carbons (Fsp3) is 0.211. The van der Waals surface area contributed by atoms with Crippen LogP contribution in [0.2, 0.25) is 0 Å². The average Bonchev–Trinajstić information content (AvgIpc) is 2.97. The minimum Gasteiger partial charge on any atom is -0.491 e. The van der Waals surface area contributed by atoms with Crippen LogP contribution in [0.15, 0.2) is 97.1 Å². The minimum absolute atomic E-state index is 0.125. The van der Waals surface area contributed by atoms with Crippen LogP contribution < -0.4 is 9.47 Å². The van der Waals surface area contributed by atoms with E-state index in [2.05, 4.69) is 131 Å². The third-order valence-corrected chi connectivity index (χ3v) is 8.37. The highest BCUT2D eigenvalue weighted by molar-refractivity contribution is 6.06. The third kappa shape index (κ3) is 3.93. The second-order valence-electron chi connectivity index (χ2n) is 11.5. The van der Waals surface area contributed by atoms with Crippen molar-refractivity contribution in [2.75, 3.05) is 0 Å². The number of rotatable bonds is 4. The number of benzene rings is 5. The number of ether oxygens (including phenoxy) is 2. The van der Waals surface area contributed by atoms with Crippen LogP contribution in [0.5, 0.6) is 11.5 Å². The van der Waals surface area contributed by atoms with Crippen molar-refractivity contribution in [2.24, 2.45) is 0 Å². The second kappa shape index (κ2) is 9.41. The second-order valence-corrected chi connectivity index (χ2v) is 11.5. The molecule has 0 aromatic heterocycles. The van der Waals surface area contributed by atoms with Crippen molar-refractivity contribution in [3.05, 3.63) is 136 Å². The van der Waals surface area contributed by atoms with Crippen molar-refractivity contribution < 1.29 is 9.47 Å². The van der Waals surface area contributed by atoms with E-state index in [9.17, 15) is 0 Å². The quantitative estimate of drug-likeness (QED) is 0.234. The molecular formula is C38H34O2. The van der Waals surface area contributed by atoms with E-state index in [-0.39, 0.29) is 6.10 Å². The molecule has 0 amide bonds. The smallest absolute Gasteiger partial charge is 0.178 e. The molecule has 2 nitrogen and oxygen atoms in total. The topological polar surface area (TPSA) is 18.5 Å². The maximum Gasteiger partial charge on any atom is 0.178 e. The molecule has 0 spiro atoms. The molecule has 2 heteroatoms. The van der Waals surface area contributed by atoms with Gasteiger partial charge in [-0.1, -0.05) is 90.0 Å². The lowest BCUT2D eigenvalue weighted by atomic mass is 9.77. The SMILES string of the molecule is Cc1ccc(C2(c3ccc(OC(C)C)cc3)C=Cc3c4c(c5ccc(C)cc5c3O2)-c2ccccc2CC4)cc1. The van der Waals surface area contributed by atoms with Crippen LogP contribution in [0.1, 0.15) is 52.8 Å². The van der Waals surface area contributed by atoms with Gasteiger partial charge in [-0.15, -0.1) is 0 Å². The van der Waals surface area contributed by atoms with E-state index in [4.69, 9.17) is 9.47 Å². The minimum atomic E-state index is -0.755. The zero-order valence-corrected chi connectivity index (χ0v) is 23.6. The molecule has 2 aliphatic rings. The van der Waals surface area contributed by atoms with Crippen LogP contribution >= 0.6 is 0 Å². The van der Waals surface area contributed by atoms with E-state index in [0.717, 1.165) is 35.5 Å². The maximum absolute atomic E-state index is 7.35. The first-order valence-corrected chi connectivity index (χ1v) is 14.3. The largest absolute Gasteiger partial charge is 0.491 e.